The van der Waals surface area contributed by atoms with Crippen LogP contribution in [0.3, 0.4) is 0 Å². The predicted molar refractivity (Wildman–Crippen MR) is 118 cm³/mol. The van der Waals surface area contributed by atoms with Gasteiger partial charge in [-0.1, -0.05) is 0 Å². The molecule has 0 fully saturated rings. The molecule has 1 N–H and O–H groups in total. The average molecular weight is 490 g/mol. The first-order valence-corrected chi connectivity index (χ1v) is 9.06. The van der Waals surface area contributed by atoms with E-state index in [2.05, 4.69) is 27.5 Å². The van der Waals surface area contributed by atoms with Gasteiger partial charge in [0.25, 0.3) is 0 Å². The van der Waals surface area contributed by atoms with Gasteiger partial charge in [0, 0.05) is 30.6 Å². The van der Waals surface area contributed by atoms with Crippen LogP contribution in [-0.2, 0) is 13.1 Å². The Hall–Kier alpha value is -1.55. The summed E-state index contributed by atoms with van der Waals surface area (Å²) in [5.41, 5.74) is 2.06. The van der Waals surface area contributed by atoms with E-state index in [0.29, 0.717) is 6.54 Å². The lowest BCUT2D eigenvalue weighted by Crippen LogP contribution is -2.38. The first-order valence-electron chi connectivity index (χ1n) is 8.18. The van der Waals surface area contributed by atoms with Crippen LogP contribution in [0.4, 0.5) is 0 Å². The van der Waals surface area contributed by atoms with Crippen molar-refractivity contribution in [3.05, 3.63) is 39.8 Å². The molecule has 0 saturated carbocycles. The van der Waals surface area contributed by atoms with Gasteiger partial charge >= 0.3 is 0 Å². The van der Waals surface area contributed by atoms with Crippen molar-refractivity contribution >= 4 is 41.3 Å². The lowest BCUT2D eigenvalue weighted by atomic mass is 10.2. The fourth-order valence-corrected chi connectivity index (χ4v) is 3.01. The van der Waals surface area contributed by atoms with Crippen molar-refractivity contribution in [3.63, 3.8) is 0 Å². The molecule has 0 aliphatic rings. The van der Waals surface area contributed by atoms with E-state index < -0.39 is 0 Å². The van der Waals surface area contributed by atoms with Gasteiger partial charge in [0.1, 0.15) is 11.5 Å². The summed E-state index contributed by atoms with van der Waals surface area (Å²) in [5, 5.41) is 6.49. The maximum absolute atomic E-state index is 5.45. The number of aryl methyl sites for hydroxylation is 1. The molecule has 0 aliphatic carbocycles. The molecule has 8 heteroatoms. The fraction of sp³-hybridized carbons (Fsp3) is 0.444. The molecule has 144 valence electrons. The number of aliphatic imine (C=N–C) groups is 1. The number of ether oxygens (including phenoxy) is 2. The maximum Gasteiger partial charge on any atom is 0.194 e. The molecule has 1 aromatic carbocycles. The second-order valence-electron chi connectivity index (χ2n) is 5.56. The summed E-state index contributed by atoms with van der Waals surface area (Å²) in [6, 6.07) is 5.77. The molecule has 26 heavy (non-hydrogen) atoms. The molecule has 1 aromatic heterocycles. The van der Waals surface area contributed by atoms with Crippen molar-refractivity contribution < 1.29 is 9.47 Å². The van der Waals surface area contributed by atoms with E-state index in [1.165, 1.54) is 0 Å². The van der Waals surface area contributed by atoms with Crippen molar-refractivity contribution in [2.75, 3.05) is 27.8 Å². The van der Waals surface area contributed by atoms with Crippen LogP contribution >= 0.6 is 35.3 Å². The van der Waals surface area contributed by atoms with Gasteiger partial charge in [-0.3, -0.25) is 0 Å². The number of hydrogen-bond acceptors (Lipinski definition) is 5. The van der Waals surface area contributed by atoms with Gasteiger partial charge < -0.3 is 19.7 Å². The zero-order valence-corrected chi connectivity index (χ0v) is 19.1. The SMILES string of the molecule is CCNC(=NCc1ccc(OC)cc1OC)N(C)Cc1csc(C)n1.I. The number of methoxy groups -OCH3 is 2. The molecular weight excluding hydrogens is 463 g/mol. The number of rotatable bonds is 7. The summed E-state index contributed by atoms with van der Waals surface area (Å²) < 4.78 is 10.7. The molecule has 0 aliphatic heterocycles. The van der Waals surface area contributed by atoms with Crippen LogP contribution in [0.2, 0.25) is 0 Å². The fourth-order valence-electron chi connectivity index (χ4n) is 2.41. The Morgan fingerprint density at radius 1 is 1.31 bits per heavy atom. The Morgan fingerprint density at radius 3 is 2.65 bits per heavy atom. The topological polar surface area (TPSA) is 59.0 Å². The van der Waals surface area contributed by atoms with Crippen LogP contribution in [-0.4, -0.2) is 43.7 Å². The van der Waals surface area contributed by atoms with Gasteiger partial charge in [-0.15, -0.1) is 35.3 Å². The summed E-state index contributed by atoms with van der Waals surface area (Å²) in [5.74, 6) is 2.38. The Bertz CT molecular complexity index is 721. The highest BCUT2D eigenvalue weighted by Crippen LogP contribution is 2.25. The molecule has 6 nitrogen and oxygen atoms in total. The van der Waals surface area contributed by atoms with Crippen LogP contribution in [0.15, 0.2) is 28.6 Å². The minimum Gasteiger partial charge on any atom is -0.497 e. The molecule has 2 aromatic rings. The normalized spacial score (nSPS) is 10.9. The van der Waals surface area contributed by atoms with Crippen molar-refractivity contribution in [3.8, 4) is 11.5 Å². The number of benzene rings is 1. The quantitative estimate of drug-likeness (QED) is 0.365. The lowest BCUT2D eigenvalue weighted by molar-refractivity contribution is 0.391. The molecule has 0 radical (unpaired) electrons. The number of halogens is 1. The highest BCUT2D eigenvalue weighted by molar-refractivity contribution is 14.0. The average Bonchev–Trinajstić information content (AvgIpc) is 3.03. The van der Waals surface area contributed by atoms with Gasteiger partial charge in [-0.05, 0) is 26.0 Å². The number of hydrogen-bond donors (Lipinski definition) is 1. The van der Waals surface area contributed by atoms with E-state index in [0.717, 1.165) is 46.8 Å². The Labute approximate surface area is 176 Å². The van der Waals surface area contributed by atoms with Crippen LogP contribution in [0.5, 0.6) is 11.5 Å². The van der Waals surface area contributed by atoms with Crippen LogP contribution in [0.25, 0.3) is 0 Å². The summed E-state index contributed by atoms with van der Waals surface area (Å²) in [7, 11) is 5.32. The van der Waals surface area contributed by atoms with E-state index in [4.69, 9.17) is 14.5 Å². The first kappa shape index (κ1) is 22.5. The Balaban J connectivity index is 0.00000338. The maximum atomic E-state index is 5.45. The van der Waals surface area contributed by atoms with Crippen LogP contribution in [0, 0.1) is 6.92 Å². The summed E-state index contributed by atoms with van der Waals surface area (Å²) in [6.07, 6.45) is 0. The minimum absolute atomic E-state index is 0. The molecule has 0 bridgehead atoms. The van der Waals surface area contributed by atoms with Gasteiger partial charge in [-0.25, -0.2) is 9.98 Å². The van der Waals surface area contributed by atoms with Crippen molar-refractivity contribution in [2.24, 2.45) is 4.99 Å². The standard InChI is InChI=1S/C18H26N4O2S.HI/c1-6-19-18(22(3)11-15-12-25-13(2)21-15)20-10-14-7-8-16(23-4)9-17(14)24-5;/h7-9,12H,6,10-11H2,1-5H3,(H,19,20);1H. The third-order valence-electron chi connectivity index (χ3n) is 3.66. The molecule has 0 amide bonds. The lowest BCUT2D eigenvalue weighted by Gasteiger charge is -2.21. The van der Waals surface area contributed by atoms with Gasteiger partial charge in [0.15, 0.2) is 5.96 Å². The minimum atomic E-state index is 0. The number of nitrogens with one attached hydrogen (secondary N) is 1. The second kappa shape index (κ2) is 11.2. The molecular formula is C18H27IN4O2S. The number of nitrogens with zero attached hydrogens (tertiary/aromatic N) is 3. The monoisotopic (exact) mass is 490 g/mol. The Kier molecular flexibility index (Phi) is 9.71. The highest BCUT2D eigenvalue weighted by atomic mass is 127. The zero-order chi connectivity index (χ0) is 18.2. The van der Waals surface area contributed by atoms with Crippen LogP contribution in [0.1, 0.15) is 23.2 Å². The smallest absolute Gasteiger partial charge is 0.194 e. The van der Waals surface area contributed by atoms with Gasteiger partial charge in [-0.2, -0.15) is 0 Å². The Morgan fingerprint density at radius 2 is 2.08 bits per heavy atom. The largest absolute Gasteiger partial charge is 0.497 e. The van der Waals surface area contributed by atoms with E-state index >= 15 is 0 Å². The molecule has 2 rings (SSSR count). The van der Waals surface area contributed by atoms with Crippen molar-refractivity contribution in [1.82, 2.24) is 15.2 Å². The predicted octanol–water partition coefficient (Wildman–Crippen LogP) is 3.68. The van der Waals surface area contributed by atoms with E-state index in [1.54, 1.807) is 25.6 Å². The molecule has 0 spiro atoms. The zero-order valence-electron chi connectivity index (χ0n) is 15.9. The van der Waals surface area contributed by atoms with E-state index in [-0.39, 0.29) is 24.0 Å². The third-order valence-corrected chi connectivity index (χ3v) is 4.48. The molecule has 0 atom stereocenters. The molecule has 0 saturated heterocycles. The summed E-state index contributed by atoms with van der Waals surface area (Å²) >= 11 is 1.66. The number of aromatic nitrogens is 1. The van der Waals surface area contributed by atoms with E-state index in [9.17, 15) is 0 Å². The second-order valence-corrected chi connectivity index (χ2v) is 6.62. The van der Waals surface area contributed by atoms with E-state index in [1.807, 2.05) is 32.2 Å². The molecule has 0 unspecified atom stereocenters. The summed E-state index contributed by atoms with van der Waals surface area (Å²) in [4.78, 5) is 11.3. The number of thiazole rings is 1. The molecule has 1 heterocycles. The highest BCUT2D eigenvalue weighted by Gasteiger charge is 2.10. The van der Waals surface area contributed by atoms with Crippen molar-refractivity contribution in [2.45, 2.75) is 26.9 Å². The first-order chi connectivity index (χ1) is 12.1. The van der Waals surface area contributed by atoms with Crippen molar-refractivity contribution in [1.29, 1.82) is 0 Å². The summed E-state index contributed by atoms with van der Waals surface area (Å²) in [6.45, 7) is 6.12. The third kappa shape index (κ3) is 6.31. The number of guanidine groups is 1. The van der Waals surface area contributed by atoms with Gasteiger partial charge in [0.2, 0.25) is 0 Å². The van der Waals surface area contributed by atoms with Crippen LogP contribution < -0.4 is 14.8 Å². The van der Waals surface area contributed by atoms with Gasteiger partial charge in [0.05, 0.1) is 38.0 Å².